The summed E-state index contributed by atoms with van der Waals surface area (Å²) in [6.45, 7) is 6.81. The van der Waals surface area contributed by atoms with Gasteiger partial charge in [-0.3, -0.25) is 9.20 Å². The zero-order valence-corrected chi connectivity index (χ0v) is 14.4. The van der Waals surface area contributed by atoms with E-state index in [0.717, 1.165) is 53.4 Å². The Bertz CT molecular complexity index is 831. The smallest absolute Gasteiger partial charge is 0.195 e. The number of nitrogens with zero attached hydrogens (tertiary/aromatic N) is 2. The summed E-state index contributed by atoms with van der Waals surface area (Å²) in [5, 5.41) is 0. The van der Waals surface area contributed by atoms with Crippen molar-refractivity contribution in [2.45, 2.75) is 33.6 Å². The second kappa shape index (κ2) is 6.54. The summed E-state index contributed by atoms with van der Waals surface area (Å²) in [5.74, 6) is 0.873. The van der Waals surface area contributed by atoms with E-state index in [4.69, 9.17) is 4.74 Å². The monoisotopic (exact) mass is 328 g/mol. The van der Waals surface area contributed by atoms with Crippen LogP contribution in [0.1, 0.15) is 41.3 Å². The zero-order chi connectivity index (χ0) is 16.4. The Labute approximate surface area is 139 Å². The van der Waals surface area contributed by atoms with Gasteiger partial charge in [-0.25, -0.2) is 4.98 Å². The summed E-state index contributed by atoms with van der Waals surface area (Å²) in [6, 6.07) is 8.07. The van der Waals surface area contributed by atoms with Crippen molar-refractivity contribution in [3.63, 3.8) is 0 Å². The molecule has 2 aromatic heterocycles. The van der Waals surface area contributed by atoms with Crippen LogP contribution in [0.4, 0.5) is 0 Å². The molecule has 23 heavy (non-hydrogen) atoms. The summed E-state index contributed by atoms with van der Waals surface area (Å²) in [7, 11) is 0. The summed E-state index contributed by atoms with van der Waals surface area (Å²) in [5.41, 5.74) is 3.56. The lowest BCUT2D eigenvalue weighted by atomic mass is 10.1. The van der Waals surface area contributed by atoms with E-state index in [1.165, 1.54) is 4.88 Å². The topological polar surface area (TPSA) is 43.6 Å². The molecule has 4 nitrogen and oxygen atoms in total. The summed E-state index contributed by atoms with van der Waals surface area (Å²) in [4.78, 5) is 18.1. The van der Waals surface area contributed by atoms with Gasteiger partial charge in [0.1, 0.15) is 11.4 Å². The van der Waals surface area contributed by atoms with E-state index in [0.29, 0.717) is 5.69 Å². The maximum absolute atomic E-state index is 11.5. The number of aromatic nitrogens is 2. The van der Waals surface area contributed by atoms with Crippen molar-refractivity contribution < 1.29 is 9.53 Å². The van der Waals surface area contributed by atoms with E-state index in [-0.39, 0.29) is 0 Å². The third-order valence-electron chi connectivity index (χ3n) is 3.80. The molecular formula is C18H20N2O2S. The van der Waals surface area contributed by atoms with Gasteiger partial charge in [0.25, 0.3) is 0 Å². The number of benzene rings is 1. The first-order valence-electron chi connectivity index (χ1n) is 7.88. The number of carbonyl (C=O) groups is 1. The maximum Gasteiger partial charge on any atom is 0.195 e. The molecule has 0 N–H and O–H groups in total. The van der Waals surface area contributed by atoms with Crippen LogP contribution < -0.4 is 4.74 Å². The molecule has 0 amide bonds. The Morgan fingerprint density at radius 3 is 2.61 bits per heavy atom. The highest BCUT2D eigenvalue weighted by Crippen LogP contribution is 2.34. The SMILES string of the molecule is CCCOc1ccc(-c2c(CC)sc3nc(C)c(C=O)n23)cc1. The molecule has 120 valence electrons. The Kier molecular flexibility index (Phi) is 4.48. The zero-order valence-electron chi connectivity index (χ0n) is 13.6. The highest BCUT2D eigenvalue weighted by atomic mass is 32.1. The van der Waals surface area contributed by atoms with Gasteiger partial charge in [0.05, 0.1) is 18.0 Å². The molecule has 2 heterocycles. The van der Waals surface area contributed by atoms with Gasteiger partial charge in [-0.2, -0.15) is 0 Å². The summed E-state index contributed by atoms with van der Waals surface area (Å²) in [6.07, 6.45) is 2.79. The van der Waals surface area contributed by atoms with E-state index in [1.807, 2.05) is 23.5 Å². The fourth-order valence-corrected chi connectivity index (χ4v) is 3.81. The van der Waals surface area contributed by atoms with Gasteiger partial charge in [-0.15, -0.1) is 11.3 Å². The molecule has 1 aromatic carbocycles. The standard InChI is InChI=1S/C18H20N2O2S/c1-4-10-22-14-8-6-13(7-9-14)17-16(5-2)23-18-19-12(3)15(11-21)20(17)18/h6-9,11H,4-5,10H2,1-3H3. The lowest BCUT2D eigenvalue weighted by Gasteiger charge is -2.08. The predicted octanol–water partition coefficient (Wildman–Crippen LogP) is 4.53. The number of thiazole rings is 1. The third kappa shape index (κ3) is 2.77. The number of ether oxygens (including phenoxy) is 1. The average molecular weight is 328 g/mol. The number of carbonyl (C=O) groups excluding carboxylic acids is 1. The van der Waals surface area contributed by atoms with Gasteiger partial charge < -0.3 is 4.74 Å². The average Bonchev–Trinajstić information content (AvgIpc) is 3.07. The minimum Gasteiger partial charge on any atom is -0.494 e. The normalized spacial score (nSPS) is 11.1. The molecule has 3 aromatic rings. The first-order chi connectivity index (χ1) is 11.2. The Morgan fingerprint density at radius 1 is 1.26 bits per heavy atom. The van der Waals surface area contributed by atoms with Crippen molar-refractivity contribution in [2.75, 3.05) is 6.61 Å². The quantitative estimate of drug-likeness (QED) is 0.624. The van der Waals surface area contributed by atoms with E-state index < -0.39 is 0 Å². The molecule has 0 aliphatic heterocycles. The van der Waals surface area contributed by atoms with Crippen molar-refractivity contribution in [3.8, 4) is 17.0 Å². The van der Waals surface area contributed by atoms with E-state index in [2.05, 4.69) is 31.0 Å². The number of hydrogen-bond acceptors (Lipinski definition) is 4. The first-order valence-corrected chi connectivity index (χ1v) is 8.70. The van der Waals surface area contributed by atoms with Crippen molar-refractivity contribution in [1.82, 2.24) is 9.38 Å². The highest BCUT2D eigenvalue weighted by Gasteiger charge is 2.19. The first kappa shape index (κ1) is 15.7. The molecular weight excluding hydrogens is 308 g/mol. The van der Waals surface area contributed by atoms with E-state index in [9.17, 15) is 4.79 Å². The van der Waals surface area contributed by atoms with Crippen molar-refractivity contribution in [2.24, 2.45) is 0 Å². The molecule has 0 fully saturated rings. The maximum atomic E-state index is 11.5. The van der Waals surface area contributed by atoms with Crippen LogP contribution in [-0.4, -0.2) is 22.3 Å². The second-order valence-corrected chi connectivity index (χ2v) is 6.48. The molecule has 0 spiro atoms. The number of imidazole rings is 1. The van der Waals surface area contributed by atoms with Crippen molar-refractivity contribution in [3.05, 3.63) is 40.5 Å². The van der Waals surface area contributed by atoms with E-state index in [1.54, 1.807) is 11.3 Å². The van der Waals surface area contributed by atoms with Crippen LogP contribution in [0.15, 0.2) is 24.3 Å². The Morgan fingerprint density at radius 2 is 2.00 bits per heavy atom. The molecule has 0 aliphatic carbocycles. The molecule has 0 saturated heterocycles. The van der Waals surface area contributed by atoms with Gasteiger partial charge in [0, 0.05) is 4.88 Å². The summed E-state index contributed by atoms with van der Waals surface area (Å²) < 4.78 is 7.63. The summed E-state index contributed by atoms with van der Waals surface area (Å²) >= 11 is 1.65. The lowest BCUT2D eigenvalue weighted by Crippen LogP contribution is -1.97. The molecule has 0 bridgehead atoms. The van der Waals surface area contributed by atoms with Gasteiger partial charge in [0.15, 0.2) is 11.2 Å². The van der Waals surface area contributed by atoms with Crippen LogP contribution in [0, 0.1) is 6.92 Å². The number of rotatable bonds is 6. The highest BCUT2D eigenvalue weighted by molar-refractivity contribution is 7.17. The third-order valence-corrected chi connectivity index (χ3v) is 4.99. The predicted molar refractivity (Wildman–Crippen MR) is 93.8 cm³/mol. The van der Waals surface area contributed by atoms with Crippen LogP contribution in [0.2, 0.25) is 0 Å². The minimum atomic E-state index is 0.636. The van der Waals surface area contributed by atoms with Gasteiger partial charge >= 0.3 is 0 Å². The van der Waals surface area contributed by atoms with Crippen LogP contribution in [-0.2, 0) is 6.42 Å². The Hall–Kier alpha value is -2.14. The van der Waals surface area contributed by atoms with Crippen LogP contribution in [0.3, 0.4) is 0 Å². The Balaban J connectivity index is 2.12. The van der Waals surface area contributed by atoms with Crippen LogP contribution in [0.25, 0.3) is 16.2 Å². The lowest BCUT2D eigenvalue weighted by molar-refractivity contribution is 0.111. The molecule has 0 atom stereocenters. The van der Waals surface area contributed by atoms with Gasteiger partial charge in [0.2, 0.25) is 0 Å². The largest absolute Gasteiger partial charge is 0.494 e. The number of aryl methyl sites for hydroxylation is 2. The van der Waals surface area contributed by atoms with Crippen molar-refractivity contribution in [1.29, 1.82) is 0 Å². The number of aldehydes is 1. The van der Waals surface area contributed by atoms with E-state index >= 15 is 0 Å². The van der Waals surface area contributed by atoms with Crippen molar-refractivity contribution >= 4 is 22.6 Å². The minimum absolute atomic E-state index is 0.636. The van der Waals surface area contributed by atoms with Crippen LogP contribution >= 0.6 is 11.3 Å². The molecule has 5 heteroatoms. The number of hydrogen-bond donors (Lipinski definition) is 0. The molecule has 3 rings (SSSR count). The van der Waals surface area contributed by atoms with Gasteiger partial charge in [-0.1, -0.05) is 13.8 Å². The van der Waals surface area contributed by atoms with Gasteiger partial charge in [-0.05, 0) is 49.6 Å². The second-order valence-electron chi connectivity index (χ2n) is 5.42. The molecule has 0 unspecified atom stereocenters. The van der Waals surface area contributed by atoms with Crippen LogP contribution in [0.5, 0.6) is 5.75 Å². The molecule has 0 radical (unpaired) electrons. The fourth-order valence-electron chi connectivity index (χ4n) is 2.68. The fraction of sp³-hybridized carbons (Fsp3) is 0.333. The molecule has 0 aliphatic rings. The number of fused-ring (bicyclic) bond motifs is 1. The molecule has 0 saturated carbocycles.